The number of aliphatic imine (C=N–C) groups is 1. The Labute approximate surface area is 210 Å². The average molecular weight is 495 g/mol. The SMILES string of the molecule is CC12CC(C=N)C(=Nc3cccc(C(=O)O)c3)C=C1CCC1C2C(O)CC2(C)C1CCC2(O)C(=O)O. The Hall–Kier alpha value is -2.84. The molecule has 4 aliphatic carbocycles. The molecule has 0 saturated heterocycles. The molecular formula is C28H34N2O6. The second-order valence-electron chi connectivity index (χ2n) is 11.7. The third kappa shape index (κ3) is 3.41. The number of aromatic carboxylic acids is 1. The summed E-state index contributed by atoms with van der Waals surface area (Å²) < 4.78 is 0. The van der Waals surface area contributed by atoms with Crippen molar-refractivity contribution in [1.82, 2.24) is 0 Å². The molecule has 8 atom stereocenters. The van der Waals surface area contributed by atoms with Crippen LogP contribution in [-0.4, -0.2) is 56.0 Å². The molecule has 192 valence electrons. The monoisotopic (exact) mass is 494 g/mol. The molecule has 8 heteroatoms. The van der Waals surface area contributed by atoms with Crippen LogP contribution in [0.4, 0.5) is 5.69 Å². The zero-order valence-electron chi connectivity index (χ0n) is 20.6. The minimum absolute atomic E-state index is 0.0117. The van der Waals surface area contributed by atoms with E-state index >= 15 is 0 Å². The lowest BCUT2D eigenvalue weighted by atomic mass is 9.45. The van der Waals surface area contributed by atoms with Crippen molar-refractivity contribution in [2.45, 2.75) is 64.1 Å². The quantitative estimate of drug-likeness (QED) is 0.398. The zero-order valence-corrected chi connectivity index (χ0v) is 20.6. The van der Waals surface area contributed by atoms with E-state index < -0.39 is 29.1 Å². The lowest BCUT2D eigenvalue weighted by Gasteiger charge is -2.60. The van der Waals surface area contributed by atoms with Crippen molar-refractivity contribution < 1.29 is 30.0 Å². The first-order chi connectivity index (χ1) is 16.9. The Morgan fingerprint density at radius 1 is 1.17 bits per heavy atom. The van der Waals surface area contributed by atoms with Crippen LogP contribution in [0.1, 0.15) is 62.7 Å². The van der Waals surface area contributed by atoms with E-state index in [-0.39, 0.29) is 47.5 Å². The van der Waals surface area contributed by atoms with Crippen LogP contribution in [0, 0.1) is 39.9 Å². The van der Waals surface area contributed by atoms with Gasteiger partial charge in [0.15, 0.2) is 5.60 Å². The van der Waals surface area contributed by atoms with E-state index in [9.17, 15) is 30.0 Å². The first kappa shape index (κ1) is 24.8. The summed E-state index contributed by atoms with van der Waals surface area (Å²) in [6.45, 7) is 3.99. The molecule has 0 radical (unpaired) electrons. The van der Waals surface area contributed by atoms with Gasteiger partial charge in [-0.2, -0.15) is 0 Å². The summed E-state index contributed by atoms with van der Waals surface area (Å²) in [7, 11) is 0. The lowest BCUT2D eigenvalue weighted by molar-refractivity contribution is -0.194. The molecule has 1 aromatic carbocycles. The molecule has 8 unspecified atom stereocenters. The van der Waals surface area contributed by atoms with Crippen LogP contribution >= 0.6 is 0 Å². The smallest absolute Gasteiger partial charge is 0.336 e. The number of rotatable bonds is 4. The molecular weight excluding hydrogens is 460 g/mol. The standard InChI is InChI=1S/C28H34N2O6/c1-26-12-16(14-29)21(30-18-5-3-4-15(10-18)24(32)33)11-17(26)6-7-19-20-8-9-28(36,25(34)35)27(20,2)13-22(31)23(19)26/h3-5,10-11,14,16,19-20,22-23,29,31,36H,6-9,12-13H2,1-2H3,(H,32,33)(H,34,35). The van der Waals surface area contributed by atoms with Gasteiger partial charge in [0.05, 0.1) is 17.4 Å². The molecule has 0 amide bonds. The van der Waals surface area contributed by atoms with E-state index in [4.69, 9.17) is 10.4 Å². The second-order valence-corrected chi connectivity index (χ2v) is 11.7. The third-order valence-corrected chi connectivity index (χ3v) is 10.1. The number of aliphatic carboxylic acids is 1. The maximum Gasteiger partial charge on any atom is 0.336 e. The zero-order chi connectivity index (χ0) is 26.0. The number of fused-ring (bicyclic) bond motifs is 5. The maximum atomic E-state index is 12.1. The van der Waals surface area contributed by atoms with E-state index in [2.05, 4.69) is 6.92 Å². The van der Waals surface area contributed by atoms with Gasteiger partial charge >= 0.3 is 11.9 Å². The second kappa shape index (κ2) is 8.35. The van der Waals surface area contributed by atoms with Crippen LogP contribution in [0.3, 0.4) is 0 Å². The van der Waals surface area contributed by atoms with E-state index in [1.165, 1.54) is 23.9 Å². The van der Waals surface area contributed by atoms with Gasteiger partial charge in [-0.25, -0.2) is 9.59 Å². The van der Waals surface area contributed by atoms with Gasteiger partial charge < -0.3 is 25.8 Å². The highest BCUT2D eigenvalue weighted by molar-refractivity contribution is 6.08. The molecule has 3 fully saturated rings. The van der Waals surface area contributed by atoms with E-state index in [0.717, 1.165) is 18.6 Å². The Kier molecular flexibility index (Phi) is 5.76. The van der Waals surface area contributed by atoms with Crippen molar-refractivity contribution in [1.29, 1.82) is 5.41 Å². The molecule has 0 bridgehead atoms. The number of nitrogens with one attached hydrogen (secondary N) is 1. The largest absolute Gasteiger partial charge is 0.479 e. The van der Waals surface area contributed by atoms with Crippen molar-refractivity contribution in [2.24, 2.45) is 39.5 Å². The molecule has 3 saturated carbocycles. The number of benzene rings is 1. The van der Waals surface area contributed by atoms with Crippen LogP contribution in [0.15, 0.2) is 40.9 Å². The van der Waals surface area contributed by atoms with Crippen LogP contribution in [0.2, 0.25) is 0 Å². The predicted molar refractivity (Wildman–Crippen MR) is 134 cm³/mol. The molecule has 0 aliphatic heterocycles. The third-order valence-electron chi connectivity index (χ3n) is 10.1. The highest BCUT2D eigenvalue weighted by Gasteiger charge is 2.69. The topological polar surface area (TPSA) is 151 Å². The summed E-state index contributed by atoms with van der Waals surface area (Å²) in [5.41, 5.74) is -0.512. The number of hydrogen-bond donors (Lipinski definition) is 5. The Balaban J connectivity index is 1.52. The summed E-state index contributed by atoms with van der Waals surface area (Å²) in [5.74, 6) is -2.50. The van der Waals surface area contributed by atoms with Crippen molar-refractivity contribution in [3.63, 3.8) is 0 Å². The maximum absolute atomic E-state index is 12.1. The van der Waals surface area contributed by atoms with E-state index in [0.29, 0.717) is 18.5 Å². The van der Waals surface area contributed by atoms with Crippen LogP contribution in [-0.2, 0) is 4.79 Å². The molecule has 0 aromatic heterocycles. The number of allylic oxidation sites excluding steroid dienone is 2. The predicted octanol–water partition coefficient (Wildman–Crippen LogP) is 4.08. The van der Waals surface area contributed by atoms with Gasteiger partial charge in [0.1, 0.15) is 0 Å². The molecule has 1 aromatic rings. The fourth-order valence-corrected chi connectivity index (χ4v) is 8.30. The first-order valence-corrected chi connectivity index (χ1v) is 12.7. The summed E-state index contributed by atoms with van der Waals surface area (Å²) in [5, 5.41) is 49.9. The average Bonchev–Trinajstić information content (AvgIpc) is 3.10. The van der Waals surface area contributed by atoms with Crippen LogP contribution in [0.25, 0.3) is 0 Å². The number of nitrogens with zero attached hydrogens (tertiary/aromatic N) is 1. The van der Waals surface area contributed by atoms with Crippen molar-refractivity contribution in [3.8, 4) is 0 Å². The van der Waals surface area contributed by atoms with Crippen LogP contribution in [0.5, 0.6) is 0 Å². The van der Waals surface area contributed by atoms with Crippen molar-refractivity contribution in [3.05, 3.63) is 41.5 Å². The fourth-order valence-electron chi connectivity index (χ4n) is 8.30. The molecule has 5 rings (SSSR count). The Bertz CT molecular complexity index is 1190. The number of carboxylic acids is 2. The van der Waals surface area contributed by atoms with Gasteiger partial charge in [0, 0.05) is 23.3 Å². The molecule has 0 heterocycles. The highest BCUT2D eigenvalue weighted by Crippen LogP contribution is 2.67. The number of aliphatic hydroxyl groups excluding tert-OH is 1. The Morgan fingerprint density at radius 3 is 2.58 bits per heavy atom. The number of hydrogen-bond acceptors (Lipinski definition) is 6. The fraction of sp³-hybridized carbons (Fsp3) is 0.571. The van der Waals surface area contributed by atoms with Gasteiger partial charge in [0.25, 0.3) is 0 Å². The number of aliphatic hydroxyl groups is 2. The summed E-state index contributed by atoms with van der Waals surface area (Å²) >= 11 is 0. The van der Waals surface area contributed by atoms with E-state index in [1.807, 2.05) is 13.0 Å². The minimum Gasteiger partial charge on any atom is -0.479 e. The van der Waals surface area contributed by atoms with Crippen LogP contribution < -0.4 is 0 Å². The highest BCUT2D eigenvalue weighted by atomic mass is 16.4. The van der Waals surface area contributed by atoms with Gasteiger partial charge in [-0.15, -0.1) is 0 Å². The summed E-state index contributed by atoms with van der Waals surface area (Å²) in [6, 6.07) is 6.45. The molecule has 4 aliphatic rings. The Morgan fingerprint density at radius 2 is 1.92 bits per heavy atom. The summed E-state index contributed by atoms with van der Waals surface area (Å²) in [4.78, 5) is 28.2. The van der Waals surface area contributed by atoms with Crippen molar-refractivity contribution >= 4 is 29.6 Å². The van der Waals surface area contributed by atoms with Gasteiger partial charge in [-0.1, -0.05) is 25.5 Å². The van der Waals surface area contributed by atoms with Crippen molar-refractivity contribution in [2.75, 3.05) is 0 Å². The van der Waals surface area contributed by atoms with Gasteiger partial charge in [-0.3, -0.25) is 4.99 Å². The van der Waals surface area contributed by atoms with Gasteiger partial charge in [0.2, 0.25) is 0 Å². The summed E-state index contributed by atoms with van der Waals surface area (Å²) in [6.07, 6.45) is 5.90. The molecule has 5 N–H and O–H groups in total. The number of carboxylic acid groups (broad SMARTS) is 2. The lowest BCUT2D eigenvalue weighted by Crippen LogP contribution is -2.62. The van der Waals surface area contributed by atoms with E-state index in [1.54, 1.807) is 12.1 Å². The first-order valence-electron chi connectivity index (χ1n) is 12.7. The molecule has 8 nitrogen and oxygen atoms in total. The molecule has 0 spiro atoms. The normalized spacial score (nSPS) is 42.6. The number of carbonyl (C=O) groups is 2. The molecule has 36 heavy (non-hydrogen) atoms. The minimum atomic E-state index is -1.82. The van der Waals surface area contributed by atoms with Gasteiger partial charge in [-0.05, 0) is 86.0 Å².